The van der Waals surface area contributed by atoms with Crippen LogP contribution in [-0.4, -0.2) is 50.0 Å². The molecular formula is C27H37Cl2N3O4S. The number of hydrogen-bond donors (Lipinski definition) is 1. The molecule has 0 heterocycles. The van der Waals surface area contributed by atoms with Crippen molar-refractivity contribution in [2.24, 2.45) is 0 Å². The molecule has 0 aliphatic carbocycles. The van der Waals surface area contributed by atoms with Crippen LogP contribution in [0.2, 0.25) is 10.0 Å². The van der Waals surface area contributed by atoms with Crippen molar-refractivity contribution >= 4 is 50.7 Å². The van der Waals surface area contributed by atoms with Gasteiger partial charge >= 0.3 is 0 Å². The van der Waals surface area contributed by atoms with Crippen LogP contribution in [-0.2, 0) is 26.2 Å². The fourth-order valence-corrected chi connectivity index (χ4v) is 5.41. The summed E-state index contributed by atoms with van der Waals surface area (Å²) in [6.45, 7) is 7.85. The van der Waals surface area contributed by atoms with Crippen LogP contribution in [0.5, 0.6) is 0 Å². The maximum Gasteiger partial charge on any atom is 0.243 e. The number of aryl methyl sites for hydroxylation is 1. The predicted octanol–water partition coefficient (Wildman–Crippen LogP) is 5.57. The number of halogens is 2. The largest absolute Gasteiger partial charge is 0.352 e. The molecule has 37 heavy (non-hydrogen) atoms. The lowest BCUT2D eigenvalue weighted by atomic mass is 10.1. The first-order valence-corrected chi connectivity index (χ1v) is 15.1. The van der Waals surface area contributed by atoms with Gasteiger partial charge in [0.1, 0.15) is 6.04 Å². The summed E-state index contributed by atoms with van der Waals surface area (Å²) in [5, 5.41) is 3.78. The molecule has 1 N–H and O–H groups in total. The van der Waals surface area contributed by atoms with Gasteiger partial charge < -0.3 is 10.2 Å². The third-order valence-corrected chi connectivity index (χ3v) is 8.15. The minimum atomic E-state index is -3.55. The van der Waals surface area contributed by atoms with Gasteiger partial charge in [-0.05, 0) is 57.4 Å². The van der Waals surface area contributed by atoms with Crippen LogP contribution in [0.4, 0.5) is 5.69 Å². The molecule has 0 saturated heterocycles. The minimum Gasteiger partial charge on any atom is -0.352 e. The molecule has 0 aliphatic heterocycles. The number of rotatable bonds is 13. The Bertz CT molecular complexity index is 1150. The highest BCUT2D eigenvalue weighted by atomic mass is 35.5. The Labute approximate surface area is 231 Å². The molecular weight excluding hydrogens is 533 g/mol. The van der Waals surface area contributed by atoms with Crippen LogP contribution in [0, 0.1) is 6.92 Å². The van der Waals surface area contributed by atoms with Crippen LogP contribution in [0.25, 0.3) is 0 Å². The van der Waals surface area contributed by atoms with Gasteiger partial charge in [-0.2, -0.15) is 0 Å². The lowest BCUT2D eigenvalue weighted by Crippen LogP contribution is -2.50. The maximum atomic E-state index is 13.5. The first-order valence-electron chi connectivity index (χ1n) is 12.5. The second-order valence-electron chi connectivity index (χ2n) is 9.24. The Balaban J connectivity index is 2.27. The lowest BCUT2D eigenvalue weighted by Gasteiger charge is -2.32. The molecule has 0 spiro atoms. The normalized spacial score (nSPS) is 13.1. The van der Waals surface area contributed by atoms with Crippen LogP contribution in [0.1, 0.15) is 57.6 Å². The highest BCUT2D eigenvalue weighted by molar-refractivity contribution is 7.92. The number of nitrogens with zero attached hydrogens (tertiary/aromatic N) is 2. The summed E-state index contributed by atoms with van der Waals surface area (Å²) >= 11 is 12.8. The molecule has 2 rings (SSSR count). The molecule has 0 aromatic heterocycles. The zero-order chi connectivity index (χ0) is 27.8. The number of sulfonamides is 1. The van der Waals surface area contributed by atoms with E-state index in [1.807, 2.05) is 39.8 Å². The molecule has 7 nitrogen and oxygen atoms in total. The number of amides is 2. The summed E-state index contributed by atoms with van der Waals surface area (Å²) in [5.41, 5.74) is 2.12. The topological polar surface area (TPSA) is 86.8 Å². The molecule has 2 atom stereocenters. The fraction of sp³-hybridized carbons (Fsp3) is 0.481. The zero-order valence-corrected chi connectivity index (χ0v) is 24.5. The maximum absolute atomic E-state index is 13.5. The van der Waals surface area contributed by atoms with E-state index in [0.717, 1.165) is 18.2 Å². The number of anilines is 1. The smallest absolute Gasteiger partial charge is 0.243 e. The molecule has 2 aromatic rings. The van der Waals surface area contributed by atoms with Crippen LogP contribution < -0.4 is 9.62 Å². The van der Waals surface area contributed by atoms with E-state index in [-0.39, 0.29) is 43.8 Å². The van der Waals surface area contributed by atoms with E-state index < -0.39 is 16.1 Å². The van der Waals surface area contributed by atoms with Crippen molar-refractivity contribution in [1.29, 1.82) is 0 Å². The van der Waals surface area contributed by atoms with E-state index in [2.05, 4.69) is 5.32 Å². The highest BCUT2D eigenvalue weighted by Crippen LogP contribution is 2.27. The monoisotopic (exact) mass is 569 g/mol. The summed E-state index contributed by atoms with van der Waals surface area (Å²) in [4.78, 5) is 28.2. The highest BCUT2D eigenvalue weighted by Gasteiger charge is 2.30. The summed E-state index contributed by atoms with van der Waals surface area (Å²) in [6.07, 6.45) is 2.62. The summed E-state index contributed by atoms with van der Waals surface area (Å²) < 4.78 is 26.2. The number of hydrogen-bond acceptors (Lipinski definition) is 4. The Hall–Kier alpha value is -2.29. The second kappa shape index (κ2) is 14.0. The molecule has 10 heteroatoms. The molecule has 0 radical (unpaired) electrons. The van der Waals surface area contributed by atoms with E-state index in [1.165, 1.54) is 9.21 Å². The van der Waals surface area contributed by atoms with Crippen LogP contribution in [0.15, 0.2) is 42.5 Å². The van der Waals surface area contributed by atoms with E-state index in [4.69, 9.17) is 23.2 Å². The second-order valence-corrected chi connectivity index (χ2v) is 12.0. The molecule has 0 fully saturated rings. The van der Waals surface area contributed by atoms with Gasteiger partial charge in [0.25, 0.3) is 0 Å². The van der Waals surface area contributed by atoms with Crippen LogP contribution >= 0.6 is 23.2 Å². The number of nitrogens with one attached hydrogen (secondary N) is 1. The first-order chi connectivity index (χ1) is 17.4. The number of benzene rings is 2. The quantitative estimate of drug-likeness (QED) is 0.341. The van der Waals surface area contributed by atoms with E-state index in [1.54, 1.807) is 30.3 Å². The fourth-order valence-electron chi connectivity index (χ4n) is 3.93. The van der Waals surface area contributed by atoms with Gasteiger partial charge in [0.2, 0.25) is 21.8 Å². The molecule has 2 amide bonds. The average molecular weight is 571 g/mol. The molecule has 204 valence electrons. The molecule has 0 unspecified atom stereocenters. The van der Waals surface area contributed by atoms with Crippen LogP contribution in [0.3, 0.4) is 0 Å². The third-order valence-electron chi connectivity index (χ3n) is 6.25. The Morgan fingerprint density at radius 3 is 2.11 bits per heavy atom. The Morgan fingerprint density at radius 1 is 1.00 bits per heavy atom. The van der Waals surface area contributed by atoms with Gasteiger partial charge in [-0.3, -0.25) is 13.9 Å². The minimum absolute atomic E-state index is 0.0415. The van der Waals surface area contributed by atoms with Gasteiger partial charge in [-0.15, -0.1) is 0 Å². The lowest BCUT2D eigenvalue weighted by molar-refractivity contribution is -0.141. The van der Waals surface area contributed by atoms with E-state index in [0.29, 0.717) is 27.7 Å². The van der Waals surface area contributed by atoms with E-state index >= 15 is 0 Å². The van der Waals surface area contributed by atoms with Crippen molar-refractivity contribution in [2.75, 3.05) is 17.1 Å². The average Bonchev–Trinajstić information content (AvgIpc) is 2.83. The van der Waals surface area contributed by atoms with Gasteiger partial charge in [-0.1, -0.05) is 60.8 Å². The Kier molecular flexibility index (Phi) is 11.7. The SMILES string of the molecule is CC[C@H](C(=O)N[C@@H](C)CC)N(Cc1c(Cl)cccc1Cl)C(=O)CCCN(c1ccc(C)cc1)S(C)(=O)=O. The summed E-state index contributed by atoms with van der Waals surface area (Å²) in [5.74, 6) is -0.523. The predicted molar refractivity (Wildman–Crippen MR) is 152 cm³/mol. The van der Waals surface area contributed by atoms with Gasteiger partial charge in [-0.25, -0.2) is 8.42 Å². The standard InChI is InChI=1S/C27H37Cl2N3O4S/c1-6-20(4)30-27(34)25(7-2)31(18-22-23(28)10-8-11-24(22)29)26(33)12-9-17-32(37(5,35)36)21-15-13-19(3)14-16-21/h8,10-11,13-16,20,25H,6-7,9,12,17-18H2,1-5H3,(H,30,34)/t20-,25+/m0/s1. The zero-order valence-electron chi connectivity index (χ0n) is 22.1. The summed E-state index contributed by atoms with van der Waals surface area (Å²) in [7, 11) is -3.55. The molecule has 0 bridgehead atoms. The van der Waals surface area contributed by atoms with Crippen molar-refractivity contribution < 1.29 is 18.0 Å². The van der Waals surface area contributed by atoms with Crippen molar-refractivity contribution in [1.82, 2.24) is 10.2 Å². The first kappa shape index (κ1) is 30.9. The molecule has 0 saturated carbocycles. The molecule has 2 aromatic carbocycles. The van der Waals surface area contributed by atoms with Gasteiger partial charge in [0, 0.05) is 41.2 Å². The van der Waals surface area contributed by atoms with Gasteiger partial charge in [0.15, 0.2) is 0 Å². The Morgan fingerprint density at radius 2 is 1.59 bits per heavy atom. The summed E-state index contributed by atoms with van der Waals surface area (Å²) in [6, 6.07) is 11.5. The van der Waals surface area contributed by atoms with Gasteiger partial charge in [0.05, 0.1) is 11.9 Å². The number of carbonyl (C=O) groups excluding carboxylic acids is 2. The van der Waals surface area contributed by atoms with Crippen molar-refractivity contribution in [3.63, 3.8) is 0 Å². The third kappa shape index (κ3) is 8.90. The molecule has 0 aliphatic rings. The van der Waals surface area contributed by atoms with Crippen molar-refractivity contribution in [3.8, 4) is 0 Å². The van der Waals surface area contributed by atoms with Crippen molar-refractivity contribution in [2.45, 2.75) is 72.0 Å². The van der Waals surface area contributed by atoms with E-state index in [9.17, 15) is 18.0 Å². The van der Waals surface area contributed by atoms with Crippen molar-refractivity contribution in [3.05, 3.63) is 63.6 Å². The number of carbonyl (C=O) groups is 2.